The van der Waals surface area contributed by atoms with Gasteiger partial charge in [0, 0.05) is 33.1 Å². The van der Waals surface area contributed by atoms with Gasteiger partial charge in [-0.2, -0.15) is 0 Å². The fourth-order valence-electron chi connectivity index (χ4n) is 3.71. The van der Waals surface area contributed by atoms with Gasteiger partial charge in [0.05, 0.1) is 21.1 Å². The molecule has 4 aromatic carbocycles. The lowest BCUT2D eigenvalue weighted by Crippen LogP contribution is -2.11. The zero-order valence-electron chi connectivity index (χ0n) is 19.4. The summed E-state index contributed by atoms with van der Waals surface area (Å²) < 4.78 is 0. The molecule has 3 N–H and O–H groups in total. The van der Waals surface area contributed by atoms with Crippen LogP contribution >= 0.6 is 34.8 Å². The Labute approximate surface area is 227 Å². The fraction of sp³-hybridized carbons (Fsp3) is 0.0357. The van der Waals surface area contributed by atoms with Crippen LogP contribution in [0.2, 0.25) is 15.1 Å². The topological polar surface area (TPSA) is 86.9 Å². The number of carbonyl (C=O) groups excluding carboxylic acids is 2. The lowest BCUT2D eigenvalue weighted by atomic mass is 10.1. The van der Waals surface area contributed by atoms with Crippen molar-refractivity contribution in [2.75, 3.05) is 10.6 Å². The zero-order chi connectivity index (χ0) is 26.1. The third-order valence-electron chi connectivity index (χ3n) is 5.77. The number of H-pyrrole nitrogens is 1. The van der Waals surface area contributed by atoms with Crippen LogP contribution in [-0.2, 0) is 0 Å². The first kappa shape index (κ1) is 24.8. The maximum atomic E-state index is 12.6. The zero-order valence-corrected chi connectivity index (χ0v) is 21.7. The summed E-state index contributed by atoms with van der Waals surface area (Å²) in [6.45, 7) is 1.88. The number of aromatic amines is 1. The van der Waals surface area contributed by atoms with Gasteiger partial charge in [0.15, 0.2) is 0 Å². The lowest BCUT2D eigenvalue weighted by Gasteiger charge is -2.07. The minimum absolute atomic E-state index is 0.242. The van der Waals surface area contributed by atoms with E-state index in [1.165, 1.54) is 6.07 Å². The van der Waals surface area contributed by atoms with Gasteiger partial charge in [-0.1, -0.05) is 40.9 Å². The van der Waals surface area contributed by atoms with E-state index in [9.17, 15) is 9.59 Å². The molecule has 0 unspecified atom stereocenters. The molecular formula is C28H19Cl3N4O2. The molecule has 0 atom stereocenters. The number of halogens is 3. The number of aromatic nitrogens is 2. The molecule has 6 nitrogen and oxygen atoms in total. The molecule has 37 heavy (non-hydrogen) atoms. The molecule has 5 aromatic rings. The van der Waals surface area contributed by atoms with Crippen LogP contribution in [0.3, 0.4) is 0 Å². The summed E-state index contributed by atoms with van der Waals surface area (Å²) in [5.74, 6) is 0.114. The minimum atomic E-state index is -0.303. The first-order valence-corrected chi connectivity index (χ1v) is 12.3. The van der Waals surface area contributed by atoms with Crippen LogP contribution in [-0.4, -0.2) is 21.8 Å². The van der Waals surface area contributed by atoms with Crippen LogP contribution in [0.5, 0.6) is 0 Å². The van der Waals surface area contributed by atoms with Crippen molar-refractivity contribution in [3.63, 3.8) is 0 Å². The third-order valence-corrected chi connectivity index (χ3v) is 6.92. The quantitative estimate of drug-likeness (QED) is 0.207. The molecule has 9 heteroatoms. The third kappa shape index (κ3) is 5.47. The highest BCUT2D eigenvalue weighted by Crippen LogP contribution is 2.26. The number of rotatable bonds is 5. The molecule has 0 aliphatic heterocycles. The number of anilines is 2. The number of hydrogen-bond acceptors (Lipinski definition) is 3. The number of imidazole rings is 1. The van der Waals surface area contributed by atoms with Crippen LogP contribution in [0.1, 0.15) is 26.3 Å². The Balaban J connectivity index is 1.30. The summed E-state index contributed by atoms with van der Waals surface area (Å²) in [5, 5.41) is 6.97. The average molecular weight is 550 g/mol. The van der Waals surface area contributed by atoms with Gasteiger partial charge < -0.3 is 15.6 Å². The molecule has 0 fully saturated rings. The molecule has 0 bridgehead atoms. The standard InChI is InChI=1S/C28H19Cl3N4O2/c1-15-2-3-17(12-22(15)30)27(36)32-19-7-4-16(5-8-19)26-34-24-11-9-20(14-25(24)35-26)33-28(37)18-6-10-21(29)23(31)13-18/h2-14H,1H3,(H,32,36)(H,33,37)(H,34,35). The summed E-state index contributed by atoms with van der Waals surface area (Å²) in [5.41, 5.74) is 5.40. The number of carbonyl (C=O) groups is 2. The van der Waals surface area contributed by atoms with Gasteiger partial charge in [-0.15, -0.1) is 0 Å². The van der Waals surface area contributed by atoms with Gasteiger partial charge in [0.2, 0.25) is 0 Å². The van der Waals surface area contributed by atoms with Gasteiger partial charge in [-0.25, -0.2) is 4.98 Å². The van der Waals surface area contributed by atoms with Crippen LogP contribution < -0.4 is 10.6 Å². The molecule has 0 aliphatic rings. The van der Waals surface area contributed by atoms with Gasteiger partial charge in [0.25, 0.3) is 11.8 Å². The van der Waals surface area contributed by atoms with Crippen molar-refractivity contribution in [2.24, 2.45) is 0 Å². The van der Waals surface area contributed by atoms with Crippen molar-refractivity contribution in [3.8, 4) is 11.4 Å². The van der Waals surface area contributed by atoms with E-state index in [2.05, 4.69) is 20.6 Å². The average Bonchev–Trinajstić information content (AvgIpc) is 3.31. The van der Waals surface area contributed by atoms with E-state index in [0.717, 1.165) is 22.2 Å². The highest BCUT2D eigenvalue weighted by molar-refractivity contribution is 6.42. The largest absolute Gasteiger partial charge is 0.338 e. The number of nitrogens with one attached hydrogen (secondary N) is 3. The van der Waals surface area contributed by atoms with E-state index in [1.54, 1.807) is 42.5 Å². The monoisotopic (exact) mass is 548 g/mol. The highest BCUT2D eigenvalue weighted by Gasteiger charge is 2.12. The maximum Gasteiger partial charge on any atom is 0.255 e. The molecule has 0 saturated carbocycles. The van der Waals surface area contributed by atoms with E-state index in [-0.39, 0.29) is 11.8 Å². The maximum absolute atomic E-state index is 12.6. The Hall–Kier alpha value is -3.84. The second-order valence-electron chi connectivity index (χ2n) is 8.40. The first-order valence-electron chi connectivity index (χ1n) is 11.2. The van der Waals surface area contributed by atoms with Crippen molar-refractivity contribution in [1.29, 1.82) is 0 Å². The highest BCUT2D eigenvalue weighted by atomic mass is 35.5. The van der Waals surface area contributed by atoms with Crippen LogP contribution in [0, 0.1) is 6.92 Å². The van der Waals surface area contributed by atoms with E-state index in [1.807, 2.05) is 37.3 Å². The molecule has 0 spiro atoms. The van der Waals surface area contributed by atoms with Gasteiger partial charge in [-0.05, 0) is 85.3 Å². The minimum Gasteiger partial charge on any atom is -0.338 e. The Morgan fingerprint density at radius 2 is 1.32 bits per heavy atom. The van der Waals surface area contributed by atoms with Crippen LogP contribution in [0.25, 0.3) is 22.4 Å². The Kier molecular flexibility index (Phi) is 6.89. The number of amides is 2. The second-order valence-corrected chi connectivity index (χ2v) is 9.62. The van der Waals surface area contributed by atoms with E-state index in [4.69, 9.17) is 34.8 Å². The molecular weight excluding hydrogens is 531 g/mol. The van der Waals surface area contributed by atoms with Crippen molar-refractivity contribution >= 4 is 69.0 Å². The van der Waals surface area contributed by atoms with Gasteiger partial charge >= 0.3 is 0 Å². The Morgan fingerprint density at radius 3 is 2.00 bits per heavy atom. The molecule has 0 radical (unpaired) electrons. The molecule has 5 rings (SSSR count). The number of aryl methyl sites for hydroxylation is 1. The predicted molar refractivity (Wildman–Crippen MR) is 150 cm³/mol. The number of hydrogen-bond donors (Lipinski definition) is 3. The van der Waals surface area contributed by atoms with Crippen LogP contribution in [0.4, 0.5) is 11.4 Å². The van der Waals surface area contributed by atoms with Crippen molar-refractivity contribution < 1.29 is 9.59 Å². The van der Waals surface area contributed by atoms with E-state index in [0.29, 0.717) is 43.4 Å². The van der Waals surface area contributed by atoms with Crippen molar-refractivity contribution in [2.45, 2.75) is 6.92 Å². The second kappa shape index (κ2) is 10.3. The SMILES string of the molecule is Cc1ccc(C(=O)Nc2ccc(-c3nc4ccc(NC(=O)c5ccc(Cl)c(Cl)c5)cc4[nH]3)cc2)cc1Cl. The fourth-order valence-corrected chi connectivity index (χ4v) is 4.19. The molecule has 2 amide bonds. The first-order chi connectivity index (χ1) is 17.8. The van der Waals surface area contributed by atoms with Crippen molar-refractivity contribution in [1.82, 2.24) is 9.97 Å². The number of nitrogens with zero attached hydrogens (tertiary/aromatic N) is 1. The summed E-state index contributed by atoms with van der Waals surface area (Å²) in [7, 11) is 0. The van der Waals surface area contributed by atoms with Gasteiger partial charge in [0.1, 0.15) is 5.82 Å². The van der Waals surface area contributed by atoms with Crippen molar-refractivity contribution in [3.05, 3.63) is 111 Å². The molecule has 1 heterocycles. The van der Waals surface area contributed by atoms with E-state index >= 15 is 0 Å². The Morgan fingerprint density at radius 1 is 0.703 bits per heavy atom. The summed E-state index contributed by atoms with van der Waals surface area (Å²) >= 11 is 18.1. The normalized spacial score (nSPS) is 10.9. The molecule has 184 valence electrons. The van der Waals surface area contributed by atoms with Gasteiger partial charge in [-0.3, -0.25) is 9.59 Å². The number of benzene rings is 4. The molecule has 0 aliphatic carbocycles. The summed E-state index contributed by atoms with van der Waals surface area (Å²) in [4.78, 5) is 33.1. The number of fused-ring (bicyclic) bond motifs is 1. The lowest BCUT2D eigenvalue weighted by molar-refractivity contribution is 0.101. The Bertz CT molecular complexity index is 1660. The predicted octanol–water partition coefficient (Wildman–Crippen LogP) is 8.00. The smallest absolute Gasteiger partial charge is 0.255 e. The summed E-state index contributed by atoms with van der Waals surface area (Å²) in [6, 6.07) is 22.7. The van der Waals surface area contributed by atoms with E-state index < -0.39 is 0 Å². The molecule has 0 saturated heterocycles. The summed E-state index contributed by atoms with van der Waals surface area (Å²) in [6.07, 6.45) is 0. The molecule has 1 aromatic heterocycles. The van der Waals surface area contributed by atoms with Crippen LogP contribution in [0.15, 0.2) is 78.9 Å².